The van der Waals surface area contributed by atoms with Crippen LogP contribution in [-0.4, -0.2) is 56.8 Å². The summed E-state index contributed by atoms with van der Waals surface area (Å²) in [6.07, 6.45) is 13.4. The molecule has 1 aromatic rings. The zero-order valence-corrected chi connectivity index (χ0v) is 18.3. The predicted octanol–water partition coefficient (Wildman–Crippen LogP) is 4.69. The maximum Gasteiger partial charge on any atom is 0.119 e. The monoisotopic (exact) mass is 399 g/mol. The number of hydrogen-bond donors (Lipinski definition) is 1. The first kappa shape index (κ1) is 21.0. The van der Waals surface area contributed by atoms with Crippen molar-refractivity contribution in [1.82, 2.24) is 10.2 Å². The van der Waals surface area contributed by atoms with E-state index >= 15 is 0 Å². The van der Waals surface area contributed by atoms with Crippen LogP contribution in [0.15, 0.2) is 24.3 Å². The zero-order valence-electron chi connectivity index (χ0n) is 18.3. The van der Waals surface area contributed by atoms with Crippen molar-refractivity contribution >= 4 is 5.69 Å². The summed E-state index contributed by atoms with van der Waals surface area (Å²) in [6, 6.07) is 9.60. The Morgan fingerprint density at radius 1 is 0.897 bits per heavy atom. The summed E-state index contributed by atoms with van der Waals surface area (Å²) in [4.78, 5) is 5.32. The predicted molar refractivity (Wildman–Crippen MR) is 122 cm³/mol. The number of nitrogens with zero attached hydrogens (tertiary/aromatic N) is 2. The highest BCUT2D eigenvalue weighted by molar-refractivity contribution is 5.51. The van der Waals surface area contributed by atoms with Gasteiger partial charge in [-0.2, -0.15) is 0 Å². The molecule has 162 valence electrons. The summed E-state index contributed by atoms with van der Waals surface area (Å²) in [5, 5.41) is 3.57. The van der Waals surface area contributed by atoms with E-state index in [0.717, 1.165) is 24.7 Å². The lowest BCUT2D eigenvalue weighted by molar-refractivity contribution is 0.216. The van der Waals surface area contributed by atoms with Crippen molar-refractivity contribution in [1.29, 1.82) is 0 Å². The van der Waals surface area contributed by atoms with Gasteiger partial charge in [-0.15, -0.1) is 0 Å². The second kappa shape index (κ2) is 11.2. The Bertz CT molecular complexity index is 576. The number of rotatable bonds is 8. The number of likely N-dealkylation sites (tertiary alicyclic amines) is 1. The van der Waals surface area contributed by atoms with Gasteiger partial charge in [0.2, 0.25) is 0 Å². The number of benzene rings is 1. The minimum atomic E-state index is 0.688. The number of anilines is 1. The van der Waals surface area contributed by atoms with E-state index in [1.54, 1.807) is 0 Å². The van der Waals surface area contributed by atoms with Crippen LogP contribution in [0.5, 0.6) is 5.75 Å². The molecule has 4 nitrogen and oxygen atoms in total. The van der Waals surface area contributed by atoms with Crippen molar-refractivity contribution in [3.63, 3.8) is 0 Å². The molecule has 1 N–H and O–H groups in total. The van der Waals surface area contributed by atoms with Crippen molar-refractivity contribution in [2.45, 2.75) is 70.3 Å². The molecule has 29 heavy (non-hydrogen) atoms. The van der Waals surface area contributed by atoms with Gasteiger partial charge in [-0.1, -0.05) is 12.8 Å². The molecule has 4 rings (SSSR count). The lowest BCUT2D eigenvalue weighted by Crippen LogP contribution is -2.42. The topological polar surface area (TPSA) is 27.7 Å². The van der Waals surface area contributed by atoms with Gasteiger partial charge in [0.1, 0.15) is 5.75 Å². The fourth-order valence-corrected chi connectivity index (χ4v) is 5.44. The number of ether oxygens (including phenoxy) is 1. The summed E-state index contributed by atoms with van der Waals surface area (Å²) in [6.45, 7) is 8.29. The number of piperidine rings is 1. The molecule has 0 saturated carbocycles. The molecule has 0 radical (unpaired) electrons. The van der Waals surface area contributed by atoms with E-state index in [1.807, 2.05) is 0 Å². The van der Waals surface area contributed by atoms with Crippen LogP contribution in [0.2, 0.25) is 0 Å². The van der Waals surface area contributed by atoms with Gasteiger partial charge in [0.05, 0.1) is 6.61 Å². The largest absolute Gasteiger partial charge is 0.494 e. The summed E-state index contributed by atoms with van der Waals surface area (Å²) in [5.41, 5.74) is 1.38. The van der Waals surface area contributed by atoms with E-state index in [2.05, 4.69) is 39.4 Å². The summed E-state index contributed by atoms with van der Waals surface area (Å²) < 4.78 is 6.05. The van der Waals surface area contributed by atoms with Gasteiger partial charge in [0.25, 0.3) is 0 Å². The highest BCUT2D eigenvalue weighted by Gasteiger charge is 2.27. The normalized spacial score (nSPS) is 26.4. The Morgan fingerprint density at radius 3 is 2.62 bits per heavy atom. The Hall–Kier alpha value is -1.26. The van der Waals surface area contributed by atoms with Crippen LogP contribution in [0.25, 0.3) is 0 Å². The molecular weight excluding hydrogens is 358 g/mol. The van der Waals surface area contributed by atoms with Crippen molar-refractivity contribution in [2.75, 3.05) is 50.8 Å². The molecule has 3 heterocycles. The van der Waals surface area contributed by atoms with Gasteiger partial charge < -0.3 is 19.9 Å². The second-order valence-electron chi connectivity index (χ2n) is 9.40. The fourth-order valence-electron chi connectivity index (χ4n) is 5.44. The van der Waals surface area contributed by atoms with Crippen molar-refractivity contribution in [3.05, 3.63) is 24.3 Å². The van der Waals surface area contributed by atoms with Crippen LogP contribution in [0.4, 0.5) is 5.69 Å². The summed E-state index contributed by atoms with van der Waals surface area (Å²) in [7, 11) is 0. The molecule has 2 unspecified atom stereocenters. The minimum Gasteiger partial charge on any atom is -0.494 e. The quantitative estimate of drug-likeness (QED) is 0.642. The third-order valence-electron chi connectivity index (χ3n) is 7.14. The van der Waals surface area contributed by atoms with E-state index in [1.165, 1.54) is 103 Å². The van der Waals surface area contributed by atoms with Crippen LogP contribution < -0.4 is 15.0 Å². The summed E-state index contributed by atoms with van der Waals surface area (Å²) >= 11 is 0. The molecule has 0 amide bonds. The van der Waals surface area contributed by atoms with Gasteiger partial charge in [0.15, 0.2) is 0 Å². The van der Waals surface area contributed by atoms with E-state index in [0.29, 0.717) is 6.04 Å². The molecule has 1 aromatic carbocycles. The third-order valence-corrected chi connectivity index (χ3v) is 7.14. The molecule has 3 aliphatic heterocycles. The molecule has 2 atom stereocenters. The minimum absolute atomic E-state index is 0.688. The zero-order chi connectivity index (χ0) is 19.7. The SMILES string of the molecule is c1cc(N2CCCC2CN2CCCCC2)ccc1OCCCC1CCCCNC1. The highest BCUT2D eigenvalue weighted by atomic mass is 16.5. The Labute approximate surface area is 178 Å². The van der Waals surface area contributed by atoms with Gasteiger partial charge in [-0.05, 0) is 108 Å². The third kappa shape index (κ3) is 6.36. The molecule has 3 saturated heterocycles. The van der Waals surface area contributed by atoms with Crippen LogP contribution in [0.1, 0.15) is 64.2 Å². The van der Waals surface area contributed by atoms with Gasteiger partial charge in [0, 0.05) is 24.8 Å². The molecule has 0 bridgehead atoms. The Balaban J connectivity index is 1.20. The van der Waals surface area contributed by atoms with Crippen molar-refractivity contribution in [2.24, 2.45) is 5.92 Å². The van der Waals surface area contributed by atoms with Gasteiger partial charge >= 0.3 is 0 Å². The molecule has 4 heteroatoms. The molecule has 0 spiro atoms. The maximum absolute atomic E-state index is 6.05. The lowest BCUT2D eigenvalue weighted by atomic mass is 9.98. The van der Waals surface area contributed by atoms with Crippen LogP contribution in [0.3, 0.4) is 0 Å². The fraction of sp³-hybridized carbons (Fsp3) is 0.760. The number of nitrogens with one attached hydrogen (secondary N) is 1. The molecule has 0 aromatic heterocycles. The number of hydrogen-bond acceptors (Lipinski definition) is 4. The van der Waals surface area contributed by atoms with E-state index in [9.17, 15) is 0 Å². The van der Waals surface area contributed by atoms with Crippen molar-refractivity contribution in [3.8, 4) is 5.75 Å². The van der Waals surface area contributed by atoms with Crippen LogP contribution >= 0.6 is 0 Å². The average Bonchev–Trinajstić information content (AvgIpc) is 3.06. The smallest absolute Gasteiger partial charge is 0.119 e. The second-order valence-corrected chi connectivity index (χ2v) is 9.40. The highest BCUT2D eigenvalue weighted by Crippen LogP contribution is 2.28. The van der Waals surface area contributed by atoms with Gasteiger partial charge in [-0.25, -0.2) is 0 Å². The van der Waals surface area contributed by atoms with E-state index in [-0.39, 0.29) is 0 Å². The molecular formula is C25H41N3O. The molecule has 0 aliphatic carbocycles. The maximum atomic E-state index is 6.05. The first-order chi connectivity index (χ1) is 14.4. The first-order valence-corrected chi connectivity index (χ1v) is 12.3. The van der Waals surface area contributed by atoms with Gasteiger partial charge in [-0.3, -0.25) is 0 Å². The standard InChI is InChI=1S/C25H41N3O/c1-4-16-27(17-5-1)21-24-10-6-18-28(24)23-11-13-25(14-12-23)29-19-7-9-22-8-2-3-15-26-20-22/h11-14,22,24,26H,1-10,15-21H2. The van der Waals surface area contributed by atoms with Crippen molar-refractivity contribution < 1.29 is 4.74 Å². The Morgan fingerprint density at radius 2 is 1.76 bits per heavy atom. The Kier molecular flexibility index (Phi) is 8.12. The van der Waals surface area contributed by atoms with Crippen LogP contribution in [-0.2, 0) is 0 Å². The molecule has 3 aliphatic rings. The van der Waals surface area contributed by atoms with Crippen LogP contribution in [0, 0.1) is 5.92 Å². The van der Waals surface area contributed by atoms with E-state index in [4.69, 9.17) is 4.74 Å². The lowest BCUT2D eigenvalue weighted by Gasteiger charge is -2.34. The first-order valence-electron chi connectivity index (χ1n) is 12.3. The molecule has 3 fully saturated rings. The summed E-state index contributed by atoms with van der Waals surface area (Å²) in [5.74, 6) is 1.87. The van der Waals surface area contributed by atoms with E-state index < -0.39 is 0 Å². The average molecular weight is 400 g/mol.